The molecule has 0 saturated carbocycles. The molecule has 0 unspecified atom stereocenters. The third-order valence-corrected chi connectivity index (χ3v) is 5.15. The van der Waals surface area contributed by atoms with Crippen LogP contribution < -0.4 is 10.6 Å². The summed E-state index contributed by atoms with van der Waals surface area (Å²) < 4.78 is 6.30. The van der Waals surface area contributed by atoms with Crippen molar-refractivity contribution >= 4 is 61.8 Å². The molecule has 0 aliphatic carbocycles. The first-order valence-corrected chi connectivity index (χ1v) is 9.53. The highest BCUT2D eigenvalue weighted by molar-refractivity contribution is 9.10. The van der Waals surface area contributed by atoms with Gasteiger partial charge in [0, 0.05) is 10.2 Å². The summed E-state index contributed by atoms with van der Waals surface area (Å²) in [5.41, 5.74) is 1.74. The molecule has 10 heteroatoms. The lowest BCUT2D eigenvalue weighted by Gasteiger charge is -2.07. The number of anilines is 2. The third-order valence-electron chi connectivity index (χ3n) is 2.68. The first kappa shape index (κ1) is 18.7. The summed E-state index contributed by atoms with van der Waals surface area (Å²) in [7, 11) is 0. The van der Waals surface area contributed by atoms with Crippen molar-refractivity contribution in [2.45, 2.75) is 18.2 Å². The Hall–Kier alpha value is -1.65. The number of carbonyl (C=O) groups excluding carboxylic acids is 2. The number of aromatic nitrogens is 2. The Bertz CT molecular complexity index is 739. The minimum atomic E-state index is -0.575. The van der Waals surface area contributed by atoms with Gasteiger partial charge in [-0.05, 0) is 37.6 Å². The van der Waals surface area contributed by atoms with E-state index in [9.17, 15) is 9.59 Å². The minimum Gasteiger partial charge on any atom is -0.450 e. The molecule has 0 bridgehead atoms. The number of benzene rings is 1. The second-order valence-corrected chi connectivity index (χ2v) is 7.63. The predicted molar refractivity (Wildman–Crippen MR) is 98.8 cm³/mol. The molecule has 0 saturated heterocycles. The highest BCUT2D eigenvalue weighted by Gasteiger charge is 2.11. The summed E-state index contributed by atoms with van der Waals surface area (Å²) in [5.74, 6) is 0.0596. The maximum absolute atomic E-state index is 12.0. The quantitative estimate of drug-likeness (QED) is 0.532. The molecular weight excluding hydrogens is 416 g/mol. The summed E-state index contributed by atoms with van der Waals surface area (Å²) in [6.07, 6.45) is -0.575. The largest absolute Gasteiger partial charge is 0.450 e. The van der Waals surface area contributed by atoms with Crippen LogP contribution in [0.15, 0.2) is 27.0 Å². The number of hydrogen-bond donors (Lipinski definition) is 2. The van der Waals surface area contributed by atoms with Crippen LogP contribution in [0.2, 0.25) is 0 Å². The van der Waals surface area contributed by atoms with Crippen LogP contribution in [0.3, 0.4) is 0 Å². The summed E-state index contributed by atoms with van der Waals surface area (Å²) in [5, 5.41) is 13.4. The Morgan fingerprint density at radius 2 is 2.12 bits per heavy atom. The Morgan fingerprint density at radius 3 is 2.83 bits per heavy atom. The predicted octanol–water partition coefficient (Wildman–Crippen LogP) is 3.91. The zero-order valence-corrected chi connectivity index (χ0v) is 16.2. The van der Waals surface area contributed by atoms with Gasteiger partial charge in [0.2, 0.25) is 11.0 Å². The molecule has 0 aliphatic heterocycles. The number of aryl methyl sites for hydroxylation is 1. The summed E-state index contributed by atoms with van der Waals surface area (Å²) in [4.78, 5) is 23.3. The van der Waals surface area contributed by atoms with E-state index in [4.69, 9.17) is 4.74 Å². The molecule has 2 N–H and O–H groups in total. The van der Waals surface area contributed by atoms with Crippen molar-refractivity contribution in [3.8, 4) is 0 Å². The van der Waals surface area contributed by atoms with Crippen LogP contribution in [0, 0.1) is 6.92 Å². The van der Waals surface area contributed by atoms with Crippen molar-refractivity contribution in [3.63, 3.8) is 0 Å². The summed E-state index contributed by atoms with van der Waals surface area (Å²) in [6, 6.07) is 5.64. The highest BCUT2D eigenvalue weighted by atomic mass is 79.9. The first-order valence-electron chi connectivity index (χ1n) is 6.94. The van der Waals surface area contributed by atoms with Gasteiger partial charge in [-0.3, -0.25) is 10.1 Å². The first-order chi connectivity index (χ1) is 11.5. The topological polar surface area (TPSA) is 93.2 Å². The average molecular weight is 431 g/mol. The van der Waals surface area contributed by atoms with E-state index in [1.807, 2.05) is 25.1 Å². The number of hydrogen-bond acceptors (Lipinski definition) is 7. The van der Waals surface area contributed by atoms with Crippen molar-refractivity contribution in [2.24, 2.45) is 0 Å². The van der Waals surface area contributed by atoms with Crippen LogP contribution in [-0.2, 0) is 9.53 Å². The van der Waals surface area contributed by atoms with E-state index in [1.165, 1.54) is 23.1 Å². The molecular formula is C14H15BrN4O3S2. The Balaban J connectivity index is 1.83. The minimum absolute atomic E-state index is 0.138. The lowest BCUT2D eigenvalue weighted by molar-refractivity contribution is -0.113. The lowest BCUT2D eigenvalue weighted by atomic mass is 10.2. The van der Waals surface area contributed by atoms with E-state index in [0.29, 0.717) is 9.47 Å². The standard InChI is InChI=1S/C14H15BrN4O3S2/c1-3-22-13(21)17-12-18-19-14(24-12)23-7-11(20)16-10-5-4-9(15)6-8(10)2/h4-6H,3,7H2,1-2H3,(H,16,20)(H,17,18,21). The summed E-state index contributed by atoms with van der Waals surface area (Å²) >= 11 is 5.82. The van der Waals surface area contributed by atoms with E-state index in [2.05, 4.69) is 36.8 Å². The Kier molecular flexibility index (Phi) is 7.00. The van der Waals surface area contributed by atoms with Crippen molar-refractivity contribution in [3.05, 3.63) is 28.2 Å². The van der Waals surface area contributed by atoms with Gasteiger partial charge in [0.15, 0.2) is 4.34 Å². The Labute approximate surface area is 155 Å². The maximum atomic E-state index is 12.0. The number of amides is 2. The normalized spacial score (nSPS) is 10.3. The van der Waals surface area contributed by atoms with Gasteiger partial charge in [0.25, 0.3) is 0 Å². The number of ether oxygens (including phenoxy) is 1. The third kappa shape index (κ3) is 5.77. The van der Waals surface area contributed by atoms with E-state index < -0.39 is 6.09 Å². The van der Waals surface area contributed by atoms with Gasteiger partial charge in [-0.2, -0.15) is 0 Å². The van der Waals surface area contributed by atoms with E-state index >= 15 is 0 Å². The molecule has 1 aromatic heterocycles. The monoisotopic (exact) mass is 430 g/mol. The van der Waals surface area contributed by atoms with Crippen molar-refractivity contribution in [2.75, 3.05) is 23.0 Å². The molecule has 128 valence electrons. The lowest BCUT2D eigenvalue weighted by Crippen LogP contribution is -2.14. The van der Waals surface area contributed by atoms with Crippen LogP contribution in [0.4, 0.5) is 15.6 Å². The molecule has 2 rings (SSSR count). The van der Waals surface area contributed by atoms with Gasteiger partial charge in [-0.15, -0.1) is 10.2 Å². The number of rotatable bonds is 6. The molecule has 0 fully saturated rings. The van der Waals surface area contributed by atoms with Gasteiger partial charge < -0.3 is 10.1 Å². The molecule has 24 heavy (non-hydrogen) atoms. The van der Waals surface area contributed by atoms with E-state index in [-0.39, 0.29) is 18.3 Å². The van der Waals surface area contributed by atoms with Crippen LogP contribution in [0.5, 0.6) is 0 Å². The van der Waals surface area contributed by atoms with Crippen molar-refractivity contribution in [1.82, 2.24) is 10.2 Å². The fourth-order valence-corrected chi connectivity index (χ4v) is 3.67. The zero-order valence-electron chi connectivity index (χ0n) is 13.0. The fraction of sp³-hybridized carbons (Fsp3) is 0.286. The van der Waals surface area contributed by atoms with Gasteiger partial charge in [-0.25, -0.2) is 4.79 Å². The summed E-state index contributed by atoms with van der Waals surface area (Å²) in [6.45, 7) is 3.92. The second kappa shape index (κ2) is 9.00. The number of nitrogens with one attached hydrogen (secondary N) is 2. The van der Waals surface area contributed by atoms with Gasteiger partial charge in [-0.1, -0.05) is 39.0 Å². The SMILES string of the molecule is CCOC(=O)Nc1nnc(SCC(=O)Nc2ccc(Br)cc2C)s1. The van der Waals surface area contributed by atoms with Crippen LogP contribution >= 0.6 is 39.0 Å². The van der Waals surface area contributed by atoms with Crippen molar-refractivity contribution < 1.29 is 14.3 Å². The second-order valence-electron chi connectivity index (χ2n) is 4.51. The average Bonchev–Trinajstić information content (AvgIpc) is 2.96. The fourth-order valence-electron chi connectivity index (χ4n) is 1.65. The van der Waals surface area contributed by atoms with Crippen LogP contribution in [0.25, 0.3) is 0 Å². The van der Waals surface area contributed by atoms with Crippen LogP contribution in [0.1, 0.15) is 12.5 Å². The molecule has 0 aliphatic rings. The van der Waals surface area contributed by atoms with E-state index in [0.717, 1.165) is 15.7 Å². The van der Waals surface area contributed by atoms with Gasteiger partial charge in [0.1, 0.15) is 0 Å². The van der Waals surface area contributed by atoms with E-state index in [1.54, 1.807) is 6.92 Å². The molecule has 1 heterocycles. The Morgan fingerprint density at radius 1 is 1.33 bits per heavy atom. The molecule has 7 nitrogen and oxygen atoms in total. The number of halogens is 1. The smallest absolute Gasteiger partial charge is 0.413 e. The number of nitrogens with zero attached hydrogens (tertiary/aromatic N) is 2. The molecule has 2 aromatic rings. The number of carbonyl (C=O) groups is 2. The highest BCUT2D eigenvalue weighted by Crippen LogP contribution is 2.26. The zero-order chi connectivity index (χ0) is 17.5. The molecule has 1 aromatic carbocycles. The molecule has 0 radical (unpaired) electrons. The molecule has 2 amide bonds. The van der Waals surface area contributed by atoms with Crippen LogP contribution in [-0.4, -0.2) is 34.6 Å². The maximum Gasteiger partial charge on any atom is 0.413 e. The molecule has 0 atom stereocenters. The van der Waals surface area contributed by atoms with Crippen molar-refractivity contribution in [1.29, 1.82) is 0 Å². The molecule has 0 spiro atoms. The van der Waals surface area contributed by atoms with Gasteiger partial charge in [0.05, 0.1) is 12.4 Å². The number of thioether (sulfide) groups is 1. The van der Waals surface area contributed by atoms with Gasteiger partial charge >= 0.3 is 6.09 Å².